The predicted octanol–water partition coefficient (Wildman–Crippen LogP) is 2.02. The first-order valence-corrected chi connectivity index (χ1v) is 10.4. The van der Waals surface area contributed by atoms with Gasteiger partial charge in [-0.1, -0.05) is 31.2 Å². The van der Waals surface area contributed by atoms with Crippen LogP contribution in [0.4, 0.5) is 0 Å². The Balaban J connectivity index is 1.42. The van der Waals surface area contributed by atoms with E-state index in [1.54, 1.807) is 6.33 Å². The van der Waals surface area contributed by atoms with Gasteiger partial charge in [-0.3, -0.25) is 4.99 Å². The van der Waals surface area contributed by atoms with E-state index in [1.165, 1.54) is 11.1 Å². The van der Waals surface area contributed by atoms with Crippen molar-refractivity contribution in [2.75, 3.05) is 26.2 Å². The van der Waals surface area contributed by atoms with Crippen molar-refractivity contribution in [2.24, 2.45) is 4.99 Å². The number of rotatable bonds is 6. The SMILES string of the molecule is CCc1nncn1CCNC(=NCC1CCCO1)N1CCc2ccccc2C1. The molecule has 1 N–H and O–H groups in total. The molecule has 28 heavy (non-hydrogen) atoms. The molecule has 0 bridgehead atoms. The summed E-state index contributed by atoms with van der Waals surface area (Å²) in [5.41, 5.74) is 2.85. The molecule has 1 aromatic heterocycles. The summed E-state index contributed by atoms with van der Waals surface area (Å²) >= 11 is 0. The van der Waals surface area contributed by atoms with Gasteiger partial charge in [-0.05, 0) is 30.4 Å². The van der Waals surface area contributed by atoms with E-state index >= 15 is 0 Å². The smallest absolute Gasteiger partial charge is 0.194 e. The Morgan fingerprint density at radius 1 is 1.32 bits per heavy atom. The summed E-state index contributed by atoms with van der Waals surface area (Å²) in [5.74, 6) is 2.00. The highest BCUT2D eigenvalue weighted by atomic mass is 16.5. The second kappa shape index (κ2) is 9.19. The summed E-state index contributed by atoms with van der Waals surface area (Å²) in [7, 11) is 0. The van der Waals surface area contributed by atoms with Crippen LogP contribution in [0, 0.1) is 0 Å². The minimum absolute atomic E-state index is 0.262. The van der Waals surface area contributed by atoms with E-state index in [9.17, 15) is 0 Å². The maximum Gasteiger partial charge on any atom is 0.194 e. The number of guanidine groups is 1. The van der Waals surface area contributed by atoms with Gasteiger partial charge in [0.25, 0.3) is 0 Å². The second-order valence-electron chi connectivity index (χ2n) is 7.46. The van der Waals surface area contributed by atoms with Crippen LogP contribution < -0.4 is 5.32 Å². The number of nitrogens with one attached hydrogen (secondary N) is 1. The summed E-state index contributed by atoms with van der Waals surface area (Å²) in [4.78, 5) is 7.29. The van der Waals surface area contributed by atoms with Crippen molar-refractivity contribution in [1.82, 2.24) is 25.0 Å². The molecule has 0 aliphatic carbocycles. The van der Waals surface area contributed by atoms with E-state index in [0.717, 1.165) is 76.8 Å². The van der Waals surface area contributed by atoms with E-state index in [-0.39, 0.29) is 6.10 Å². The Morgan fingerprint density at radius 3 is 3.04 bits per heavy atom. The van der Waals surface area contributed by atoms with E-state index < -0.39 is 0 Å². The van der Waals surface area contributed by atoms with E-state index in [1.807, 2.05) is 0 Å². The molecule has 1 aromatic carbocycles. The van der Waals surface area contributed by atoms with Crippen LogP contribution in [0.15, 0.2) is 35.6 Å². The molecule has 1 saturated heterocycles. The standard InChI is InChI=1S/C21H30N6O/c1-2-20-25-24-16-27(20)12-10-22-21(23-14-19-8-5-13-28-19)26-11-9-17-6-3-4-7-18(17)15-26/h3-4,6-7,16,19H,2,5,8-15H2,1H3,(H,22,23). The lowest BCUT2D eigenvalue weighted by Gasteiger charge is -2.32. The number of hydrogen-bond donors (Lipinski definition) is 1. The zero-order chi connectivity index (χ0) is 19.2. The fourth-order valence-corrected chi connectivity index (χ4v) is 3.95. The molecule has 2 aliphatic heterocycles. The first kappa shape index (κ1) is 18.9. The van der Waals surface area contributed by atoms with Gasteiger partial charge in [-0.15, -0.1) is 10.2 Å². The van der Waals surface area contributed by atoms with Gasteiger partial charge in [-0.25, -0.2) is 0 Å². The van der Waals surface area contributed by atoms with Crippen molar-refractivity contribution in [3.05, 3.63) is 47.5 Å². The molecule has 2 aromatic rings. The molecule has 4 rings (SSSR count). The molecule has 2 aliphatic rings. The highest BCUT2D eigenvalue weighted by Crippen LogP contribution is 2.19. The predicted molar refractivity (Wildman–Crippen MR) is 109 cm³/mol. The van der Waals surface area contributed by atoms with E-state index in [0.29, 0.717) is 0 Å². The van der Waals surface area contributed by atoms with Gasteiger partial charge >= 0.3 is 0 Å². The molecule has 0 saturated carbocycles. The molecule has 7 heteroatoms. The van der Waals surface area contributed by atoms with Crippen molar-refractivity contribution in [2.45, 2.75) is 51.8 Å². The van der Waals surface area contributed by atoms with Crippen LogP contribution >= 0.6 is 0 Å². The van der Waals surface area contributed by atoms with Crippen LogP contribution in [-0.4, -0.2) is 58.0 Å². The Labute approximate surface area is 166 Å². The van der Waals surface area contributed by atoms with Crippen LogP contribution in [0.1, 0.15) is 36.7 Å². The lowest BCUT2D eigenvalue weighted by atomic mass is 10.0. The maximum atomic E-state index is 5.77. The number of fused-ring (bicyclic) bond motifs is 1. The second-order valence-corrected chi connectivity index (χ2v) is 7.46. The molecule has 1 unspecified atom stereocenters. The lowest BCUT2D eigenvalue weighted by molar-refractivity contribution is 0.117. The highest BCUT2D eigenvalue weighted by Gasteiger charge is 2.20. The molecule has 1 fully saturated rings. The topological polar surface area (TPSA) is 67.6 Å². The first-order chi connectivity index (χ1) is 13.8. The Hall–Kier alpha value is -2.41. The van der Waals surface area contributed by atoms with Gasteiger partial charge in [0.1, 0.15) is 12.2 Å². The Bertz CT molecular complexity index is 796. The summed E-state index contributed by atoms with van der Waals surface area (Å²) in [5, 5.41) is 11.8. The summed E-state index contributed by atoms with van der Waals surface area (Å²) in [6, 6.07) is 8.71. The third-order valence-corrected chi connectivity index (χ3v) is 5.55. The minimum atomic E-state index is 0.262. The number of nitrogens with zero attached hydrogens (tertiary/aromatic N) is 5. The zero-order valence-corrected chi connectivity index (χ0v) is 16.7. The number of aliphatic imine (C=N–C) groups is 1. The largest absolute Gasteiger partial charge is 0.376 e. The monoisotopic (exact) mass is 382 g/mol. The van der Waals surface area contributed by atoms with Gasteiger partial charge in [0, 0.05) is 39.2 Å². The third-order valence-electron chi connectivity index (χ3n) is 5.55. The Morgan fingerprint density at radius 2 is 2.21 bits per heavy atom. The van der Waals surface area contributed by atoms with Gasteiger partial charge in [0.15, 0.2) is 5.96 Å². The summed E-state index contributed by atoms with van der Waals surface area (Å²) in [6.07, 6.45) is 6.28. The zero-order valence-electron chi connectivity index (χ0n) is 16.7. The maximum absolute atomic E-state index is 5.77. The summed E-state index contributed by atoms with van der Waals surface area (Å²) in [6.45, 7) is 7.23. The molecule has 0 amide bonds. The van der Waals surface area contributed by atoms with Crippen LogP contribution in [0.2, 0.25) is 0 Å². The lowest BCUT2D eigenvalue weighted by Crippen LogP contribution is -2.45. The number of hydrogen-bond acceptors (Lipinski definition) is 4. The van der Waals surface area contributed by atoms with Crippen molar-refractivity contribution in [3.63, 3.8) is 0 Å². The third kappa shape index (κ3) is 4.52. The van der Waals surface area contributed by atoms with Crippen LogP contribution in [0.5, 0.6) is 0 Å². The molecule has 1 atom stereocenters. The van der Waals surface area contributed by atoms with Crippen molar-refractivity contribution < 1.29 is 4.74 Å². The van der Waals surface area contributed by atoms with Gasteiger partial charge in [-0.2, -0.15) is 0 Å². The van der Waals surface area contributed by atoms with Crippen LogP contribution in [0.25, 0.3) is 0 Å². The normalized spacial score (nSPS) is 19.7. The first-order valence-electron chi connectivity index (χ1n) is 10.4. The number of aromatic nitrogens is 3. The highest BCUT2D eigenvalue weighted by molar-refractivity contribution is 5.80. The van der Waals surface area contributed by atoms with Crippen molar-refractivity contribution in [3.8, 4) is 0 Å². The van der Waals surface area contributed by atoms with E-state index in [2.05, 4.69) is 56.2 Å². The Kier molecular flexibility index (Phi) is 6.21. The summed E-state index contributed by atoms with van der Waals surface area (Å²) < 4.78 is 7.87. The molecular formula is C21H30N6O. The van der Waals surface area contributed by atoms with Gasteiger partial charge < -0.3 is 19.5 Å². The van der Waals surface area contributed by atoms with Gasteiger partial charge in [0.05, 0.1) is 12.6 Å². The van der Waals surface area contributed by atoms with Crippen molar-refractivity contribution in [1.29, 1.82) is 0 Å². The van der Waals surface area contributed by atoms with Crippen molar-refractivity contribution >= 4 is 5.96 Å². The van der Waals surface area contributed by atoms with E-state index in [4.69, 9.17) is 9.73 Å². The molecule has 0 spiro atoms. The average Bonchev–Trinajstić information content (AvgIpc) is 3.42. The number of aryl methyl sites for hydroxylation is 1. The fraction of sp³-hybridized carbons (Fsp3) is 0.571. The van der Waals surface area contributed by atoms with Crippen LogP contribution in [0.3, 0.4) is 0 Å². The minimum Gasteiger partial charge on any atom is -0.376 e. The van der Waals surface area contributed by atoms with Crippen LogP contribution in [-0.2, 0) is 30.7 Å². The molecule has 0 radical (unpaired) electrons. The fourth-order valence-electron chi connectivity index (χ4n) is 3.95. The quantitative estimate of drug-likeness (QED) is 0.612. The number of ether oxygens (including phenoxy) is 1. The molecule has 3 heterocycles. The molecule has 150 valence electrons. The van der Waals surface area contributed by atoms with Gasteiger partial charge in [0.2, 0.25) is 0 Å². The molecule has 7 nitrogen and oxygen atoms in total. The average molecular weight is 383 g/mol. The number of benzene rings is 1. The molecular weight excluding hydrogens is 352 g/mol.